The molecular formula is C10H22O9S3. The van der Waals surface area contributed by atoms with Crippen LogP contribution in [0.5, 0.6) is 0 Å². The predicted molar refractivity (Wildman–Crippen MR) is 89.2 cm³/mol. The van der Waals surface area contributed by atoms with E-state index >= 15 is 0 Å². The zero-order valence-corrected chi connectivity index (χ0v) is 14.3. The van der Waals surface area contributed by atoms with Crippen molar-refractivity contribution in [3.05, 3.63) is 0 Å². The van der Waals surface area contributed by atoms with Crippen LogP contribution >= 0.6 is 37.9 Å². The van der Waals surface area contributed by atoms with Crippen LogP contribution in [0.15, 0.2) is 0 Å². The Morgan fingerprint density at radius 2 is 0.773 bits per heavy atom. The molecule has 0 aliphatic heterocycles. The molecule has 0 radical (unpaired) electrons. The second-order valence-corrected chi connectivity index (χ2v) is 4.02. The van der Waals surface area contributed by atoms with Crippen LogP contribution in [0.1, 0.15) is 0 Å². The summed E-state index contributed by atoms with van der Waals surface area (Å²) < 4.78 is 0. The standard InChI is InChI=1S/C4H10O3.3C2H4O2S/c5-1-4(2-6)3-7;3*3-2(4)1-5/h4-7H,1-3H2;3*5H,1H2,(H,3,4). The Hall–Kier alpha value is -0.660. The summed E-state index contributed by atoms with van der Waals surface area (Å²) in [6.45, 7) is -0.437. The maximum Gasteiger partial charge on any atom is 0.313 e. The molecular weight excluding hydrogens is 360 g/mol. The minimum atomic E-state index is -0.881. The number of carboxylic acid groups (broad SMARTS) is 3. The van der Waals surface area contributed by atoms with Crippen molar-refractivity contribution in [1.29, 1.82) is 0 Å². The number of hydrogen-bond donors (Lipinski definition) is 9. The third-order valence-electron chi connectivity index (χ3n) is 1.18. The Morgan fingerprint density at radius 3 is 0.773 bits per heavy atom. The van der Waals surface area contributed by atoms with Crippen LogP contribution in [-0.4, -0.2) is 85.6 Å². The number of aliphatic carboxylic acids is 3. The summed E-state index contributed by atoms with van der Waals surface area (Å²) >= 11 is 10.2. The van der Waals surface area contributed by atoms with Gasteiger partial charge in [-0.3, -0.25) is 14.4 Å². The molecule has 0 saturated heterocycles. The molecule has 0 unspecified atom stereocenters. The van der Waals surface area contributed by atoms with Crippen LogP contribution in [0.4, 0.5) is 0 Å². The lowest BCUT2D eigenvalue weighted by Gasteiger charge is -2.02. The average molecular weight is 382 g/mol. The molecule has 0 atom stereocenters. The zero-order chi connectivity index (χ0) is 18.6. The topological polar surface area (TPSA) is 173 Å². The van der Waals surface area contributed by atoms with E-state index in [0.29, 0.717) is 0 Å². The first-order chi connectivity index (χ1) is 10.2. The molecule has 0 saturated carbocycles. The predicted octanol–water partition coefficient (Wildman–Crippen LogP) is -1.42. The summed E-state index contributed by atoms with van der Waals surface area (Å²) in [4.78, 5) is 27.9. The summed E-state index contributed by atoms with van der Waals surface area (Å²) in [5.41, 5.74) is 0. The molecule has 0 fully saturated rings. The summed E-state index contributed by atoms with van der Waals surface area (Å²) in [6.07, 6.45) is 0. The van der Waals surface area contributed by atoms with Crippen molar-refractivity contribution in [3.8, 4) is 0 Å². The van der Waals surface area contributed by atoms with E-state index in [2.05, 4.69) is 37.9 Å². The number of carboxylic acids is 3. The van der Waals surface area contributed by atoms with Gasteiger partial charge in [0.05, 0.1) is 37.1 Å². The summed E-state index contributed by atoms with van der Waals surface area (Å²) in [7, 11) is 0. The van der Waals surface area contributed by atoms with E-state index < -0.39 is 17.9 Å². The van der Waals surface area contributed by atoms with Crippen molar-refractivity contribution in [2.24, 2.45) is 5.92 Å². The van der Waals surface area contributed by atoms with Gasteiger partial charge >= 0.3 is 17.9 Å². The second-order valence-electron chi connectivity index (χ2n) is 3.07. The lowest BCUT2D eigenvalue weighted by Crippen LogP contribution is -2.14. The molecule has 0 aromatic carbocycles. The van der Waals surface area contributed by atoms with Crippen LogP contribution in [0.3, 0.4) is 0 Å². The molecule has 22 heavy (non-hydrogen) atoms. The van der Waals surface area contributed by atoms with Gasteiger partial charge in [-0.15, -0.1) is 0 Å². The number of thiol groups is 3. The van der Waals surface area contributed by atoms with E-state index in [0.717, 1.165) is 0 Å². The van der Waals surface area contributed by atoms with Crippen LogP contribution in [0, 0.1) is 5.92 Å². The Kier molecular flexibility index (Phi) is 33.8. The Bertz CT molecular complexity index is 234. The Labute approximate surface area is 144 Å². The van der Waals surface area contributed by atoms with Gasteiger partial charge in [0.2, 0.25) is 0 Å². The monoisotopic (exact) mass is 382 g/mol. The highest BCUT2D eigenvalue weighted by Crippen LogP contribution is 1.87. The van der Waals surface area contributed by atoms with Gasteiger partial charge in [-0.1, -0.05) is 0 Å². The minimum Gasteiger partial charge on any atom is -0.481 e. The fraction of sp³-hybridized carbons (Fsp3) is 0.700. The smallest absolute Gasteiger partial charge is 0.313 e. The number of rotatable bonds is 6. The van der Waals surface area contributed by atoms with E-state index in [1.807, 2.05) is 0 Å². The fourth-order valence-corrected chi connectivity index (χ4v) is 0.173. The first kappa shape index (κ1) is 29.4. The fourth-order valence-electron chi connectivity index (χ4n) is 0.173. The van der Waals surface area contributed by atoms with Crippen molar-refractivity contribution < 1.29 is 45.0 Å². The van der Waals surface area contributed by atoms with E-state index in [-0.39, 0.29) is 43.0 Å². The Morgan fingerprint density at radius 1 is 0.636 bits per heavy atom. The van der Waals surface area contributed by atoms with Crippen molar-refractivity contribution in [2.75, 3.05) is 37.1 Å². The third-order valence-corrected chi connectivity index (χ3v) is 1.99. The van der Waals surface area contributed by atoms with Gasteiger partial charge in [0.15, 0.2) is 0 Å². The minimum absolute atomic E-state index is 0.0833. The van der Waals surface area contributed by atoms with Gasteiger partial charge in [0, 0.05) is 5.92 Å². The SMILES string of the molecule is O=C(O)CS.O=C(O)CS.O=C(O)CS.OCC(CO)CO. The summed E-state index contributed by atoms with van der Waals surface area (Å²) in [6, 6.07) is 0. The molecule has 0 aliphatic rings. The first-order valence-electron chi connectivity index (χ1n) is 5.47. The summed E-state index contributed by atoms with van der Waals surface area (Å²) in [5.74, 6) is -3.24. The van der Waals surface area contributed by atoms with E-state index in [1.165, 1.54) is 0 Å². The highest BCUT2D eigenvalue weighted by Gasteiger charge is 2.00. The maximum absolute atomic E-state index is 9.29. The molecule has 0 spiro atoms. The van der Waals surface area contributed by atoms with Gasteiger partial charge < -0.3 is 30.6 Å². The van der Waals surface area contributed by atoms with Gasteiger partial charge in [-0.2, -0.15) is 37.9 Å². The van der Waals surface area contributed by atoms with Crippen molar-refractivity contribution in [1.82, 2.24) is 0 Å². The molecule has 9 nitrogen and oxygen atoms in total. The molecule has 0 aliphatic carbocycles. The van der Waals surface area contributed by atoms with Crippen LogP contribution in [0.25, 0.3) is 0 Å². The quantitative estimate of drug-likeness (QED) is 0.250. The molecule has 0 aromatic rings. The molecule has 0 bridgehead atoms. The van der Waals surface area contributed by atoms with Crippen molar-refractivity contribution in [3.63, 3.8) is 0 Å². The van der Waals surface area contributed by atoms with Crippen LogP contribution in [0.2, 0.25) is 0 Å². The number of carbonyl (C=O) groups is 3. The molecule has 0 amide bonds. The number of aliphatic hydroxyl groups excluding tert-OH is 3. The molecule has 134 valence electrons. The largest absolute Gasteiger partial charge is 0.481 e. The Balaban J connectivity index is -0.0000000995. The van der Waals surface area contributed by atoms with Gasteiger partial charge in [-0.25, -0.2) is 0 Å². The zero-order valence-electron chi connectivity index (χ0n) is 11.6. The second kappa shape index (κ2) is 25.3. The summed E-state index contributed by atoms with van der Waals surface area (Å²) in [5, 5.41) is 47.6. The first-order valence-corrected chi connectivity index (χ1v) is 7.36. The maximum atomic E-state index is 9.29. The molecule has 12 heteroatoms. The molecule has 6 N–H and O–H groups in total. The van der Waals surface area contributed by atoms with Crippen molar-refractivity contribution in [2.45, 2.75) is 0 Å². The highest BCUT2D eigenvalue weighted by molar-refractivity contribution is 7.81. The highest BCUT2D eigenvalue weighted by atomic mass is 32.1. The van der Waals surface area contributed by atoms with E-state index in [1.54, 1.807) is 0 Å². The molecule has 0 heterocycles. The molecule has 0 aromatic heterocycles. The van der Waals surface area contributed by atoms with E-state index in [9.17, 15) is 14.4 Å². The van der Waals surface area contributed by atoms with Crippen LogP contribution < -0.4 is 0 Å². The average Bonchev–Trinajstić information content (AvgIpc) is 2.50. The third kappa shape index (κ3) is 50.6. The van der Waals surface area contributed by atoms with Gasteiger partial charge in [0.1, 0.15) is 0 Å². The number of hydrogen-bond acceptors (Lipinski definition) is 9. The van der Waals surface area contributed by atoms with E-state index in [4.69, 9.17) is 30.6 Å². The lowest BCUT2D eigenvalue weighted by atomic mass is 10.2. The van der Waals surface area contributed by atoms with Crippen LogP contribution in [-0.2, 0) is 14.4 Å². The van der Waals surface area contributed by atoms with Gasteiger partial charge in [-0.05, 0) is 0 Å². The lowest BCUT2D eigenvalue weighted by molar-refractivity contribution is -0.134. The molecule has 0 rings (SSSR count). The number of aliphatic hydroxyl groups is 3. The van der Waals surface area contributed by atoms with Gasteiger partial charge in [0.25, 0.3) is 0 Å². The normalized spacial score (nSPS) is 8.32. The van der Waals surface area contributed by atoms with Crippen molar-refractivity contribution >= 4 is 55.8 Å².